The van der Waals surface area contributed by atoms with E-state index in [1.54, 1.807) is 35.2 Å². The summed E-state index contributed by atoms with van der Waals surface area (Å²) in [5, 5.41) is 5.23. The average molecular weight is 385 g/mol. The Kier molecular flexibility index (Phi) is 4.60. The van der Waals surface area contributed by atoms with Gasteiger partial charge in [0.2, 0.25) is 11.8 Å². The standard InChI is InChI=1S/C19H20FN5O3/c1-3-15(26)25-8-7-12(10-25)28-18-16-11(5-4-6-13(16)20)9-14(21-18)17-22-19(27)23-24(17)2/h3-6,9,12,17H,1,7-8,10H2,2H3,(H2,22,23,27)/t12-,17?/m0/s1. The number of aromatic nitrogens is 1. The molecule has 2 saturated heterocycles. The summed E-state index contributed by atoms with van der Waals surface area (Å²) >= 11 is 0. The number of hydrogen-bond acceptors (Lipinski definition) is 5. The van der Waals surface area contributed by atoms with Crippen LogP contribution in [0.5, 0.6) is 5.88 Å². The van der Waals surface area contributed by atoms with Gasteiger partial charge >= 0.3 is 6.03 Å². The second-order valence-electron chi connectivity index (χ2n) is 6.81. The van der Waals surface area contributed by atoms with Crippen molar-refractivity contribution < 1.29 is 18.7 Å². The molecule has 2 aliphatic rings. The molecule has 3 heterocycles. The number of amides is 3. The largest absolute Gasteiger partial charge is 0.472 e. The number of hydrogen-bond donors (Lipinski definition) is 2. The first kappa shape index (κ1) is 18.2. The van der Waals surface area contributed by atoms with Crippen molar-refractivity contribution in [1.29, 1.82) is 0 Å². The van der Waals surface area contributed by atoms with E-state index in [1.807, 2.05) is 0 Å². The van der Waals surface area contributed by atoms with Crippen LogP contribution in [0.25, 0.3) is 10.8 Å². The summed E-state index contributed by atoms with van der Waals surface area (Å²) in [5.74, 6) is -0.450. The van der Waals surface area contributed by atoms with Gasteiger partial charge in [0, 0.05) is 20.0 Å². The van der Waals surface area contributed by atoms with Crippen LogP contribution in [-0.2, 0) is 4.79 Å². The molecule has 0 aliphatic carbocycles. The Morgan fingerprint density at radius 2 is 2.29 bits per heavy atom. The van der Waals surface area contributed by atoms with Crippen LogP contribution >= 0.6 is 0 Å². The first-order chi connectivity index (χ1) is 13.5. The van der Waals surface area contributed by atoms with Crippen LogP contribution in [-0.4, -0.2) is 53.1 Å². The first-order valence-corrected chi connectivity index (χ1v) is 8.93. The number of ether oxygens (including phenoxy) is 1. The molecule has 2 fully saturated rings. The van der Waals surface area contributed by atoms with Gasteiger partial charge in [0.1, 0.15) is 18.1 Å². The van der Waals surface area contributed by atoms with Gasteiger partial charge in [-0.05, 0) is 23.6 Å². The minimum Gasteiger partial charge on any atom is -0.472 e. The summed E-state index contributed by atoms with van der Waals surface area (Å²) in [6, 6.07) is 6.11. The lowest BCUT2D eigenvalue weighted by Crippen LogP contribution is -2.31. The van der Waals surface area contributed by atoms with E-state index in [1.165, 1.54) is 12.1 Å². The third kappa shape index (κ3) is 3.24. The van der Waals surface area contributed by atoms with E-state index in [0.29, 0.717) is 30.6 Å². The smallest absolute Gasteiger partial charge is 0.330 e. The molecule has 0 saturated carbocycles. The van der Waals surface area contributed by atoms with E-state index >= 15 is 0 Å². The van der Waals surface area contributed by atoms with Crippen LogP contribution in [0.15, 0.2) is 36.9 Å². The number of rotatable bonds is 4. The lowest BCUT2D eigenvalue weighted by atomic mass is 10.1. The molecule has 2 aromatic rings. The number of benzene rings is 1. The molecule has 146 valence electrons. The number of nitrogens with zero attached hydrogens (tertiary/aromatic N) is 3. The zero-order valence-electron chi connectivity index (χ0n) is 15.3. The van der Waals surface area contributed by atoms with Crippen LogP contribution in [0, 0.1) is 5.82 Å². The van der Waals surface area contributed by atoms with Crippen LogP contribution in [0.2, 0.25) is 0 Å². The van der Waals surface area contributed by atoms with Gasteiger partial charge in [0.15, 0.2) is 0 Å². The van der Waals surface area contributed by atoms with Crippen molar-refractivity contribution in [2.75, 3.05) is 20.1 Å². The Morgan fingerprint density at radius 1 is 1.46 bits per heavy atom. The van der Waals surface area contributed by atoms with Gasteiger partial charge in [-0.15, -0.1) is 0 Å². The highest BCUT2D eigenvalue weighted by Gasteiger charge is 2.31. The van der Waals surface area contributed by atoms with Crippen molar-refractivity contribution in [3.05, 3.63) is 48.4 Å². The third-order valence-corrected chi connectivity index (χ3v) is 4.92. The lowest BCUT2D eigenvalue weighted by molar-refractivity contribution is -0.125. The van der Waals surface area contributed by atoms with E-state index in [4.69, 9.17) is 4.74 Å². The molecule has 4 rings (SSSR count). The fourth-order valence-electron chi connectivity index (χ4n) is 3.54. The number of hydrazine groups is 1. The summed E-state index contributed by atoms with van der Waals surface area (Å²) < 4.78 is 20.6. The van der Waals surface area contributed by atoms with Gasteiger partial charge in [-0.3, -0.25) is 10.2 Å². The molecule has 0 spiro atoms. The highest BCUT2D eigenvalue weighted by molar-refractivity contribution is 5.88. The number of carbonyl (C=O) groups excluding carboxylic acids is 2. The number of likely N-dealkylation sites (tertiary alicyclic amines) is 1. The average Bonchev–Trinajstić information content (AvgIpc) is 3.26. The molecule has 2 atom stereocenters. The number of fused-ring (bicyclic) bond motifs is 1. The zero-order valence-corrected chi connectivity index (χ0v) is 15.3. The van der Waals surface area contributed by atoms with Crippen LogP contribution in [0.4, 0.5) is 9.18 Å². The maximum Gasteiger partial charge on any atom is 0.330 e. The van der Waals surface area contributed by atoms with E-state index in [2.05, 4.69) is 22.3 Å². The molecule has 0 radical (unpaired) electrons. The maximum atomic E-state index is 14.5. The summed E-state index contributed by atoms with van der Waals surface area (Å²) in [6.45, 7) is 4.42. The molecule has 1 aromatic heterocycles. The Morgan fingerprint density at radius 3 is 3.00 bits per heavy atom. The van der Waals surface area contributed by atoms with E-state index in [-0.39, 0.29) is 29.3 Å². The van der Waals surface area contributed by atoms with Crippen molar-refractivity contribution in [3.63, 3.8) is 0 Å². The van der Waals surface area contributed by atoms with Crippen molar-refractivity contribution in [1.82, 2.24) is 25.6 Å². The SMILES string of the molecule is C=CC(=O)N1CC[C@H](Oc2nc(C3NC(=O)NN3C)cc3cccc(F)c23)C1. The van der Waals surface area contributed by atoms with Crippen LogP contribution in [0.3, 0.4) is 0 Å². The first-order valence-electron chi connectivity index (χ1n) is 8.93. The maximum absolute atomic E-state index is 14.5. The molecule has 2 aliphatic heterocycles. The minimum absolute atomic E-state index is 0.151. The Balaban J connectivity index is 1.69. The number of urea groups is 1. The van der Waals surface area contributed by atoms with Crippen molar-refractivity contribution in [2.45, 2.75) is 18.7 Å². The molecule has 2 N–H and O–H groups in total. The van der Waals surface area contributed by atoms with Crippen molar-refractivity contribution in [3.8, 4) is 5.88 Å². The molecule has 1 unspecified atom stereocenters. The second-order valence-corrected chi connectivity index (χ2v) is 6.81. The molecule has 0 bridgehead atoms. The highest BCUT2D eigenvalue weighted by Crippen LogP contribution is 2.32. The summed E-state index contributed by atoms with van der Waals surface area (Å²) in [6.07, 6.45) is 1.07. The Bertz CT molecular complexity index is 966. The fraction of sp³-hybridized carbons (Fsp3) is 0.316. The van der Waals surface area contributed by atoms with E-state index in [0.717, 1.165) is 0 Å². The van der Waals surface area contributed by atoms with E-state index in [9.17, 15) is 14.0 Å². The quantitative estimate of drug-likeness (QED) is 0.783. The van der Waals surface area contributed by atoms with Crippen LogP contribution in [0.1, 0.15) is 18.3 Å². The number of halogens is 1. The second kappa shape index (κ2) is 7.08. The van der Waals surface area contributed by atoms with Gasteiger partial charge in [0.25, 0.3) is 0 Å². The molecule has 28 heavy (non-hydrogen) atoms. The Labute approximate surface area is 160 Å². The predicted molar refractivity (Wildman–Crippen MR) is 99.7 cm³/mol. The molecule has 1 aromatic carbocycles. The van der Waals surface area contributed by atoms with Crippen molar-refractivity contribution >= 4 is 22.7 Å². The molecule has 3 amide bonds. The fourth-order valence-corrected chi connectivity index (χ4v) is 3.54. The highest BCUT2D eigenvalue weighted by atomic mass is 19.1. The zero-order chi connectivity index (χ0) is 19.8. The number of nitrogens with one attached hydrogen (secondary N) is 2. The number of pyridine rings is 1. The topological polar surface area (TPSA) is 86.8 Å². The monoisotopic (exact) mass is 385 g/mol. The molecular weight excluding hydrogens is 365 g/mol. The molecule has 8 nitrogen and oxygen atoms in total. The molecular formula is C19H20FN5O3. The normalized spacial score (nSPS) is 22.2. The Hall–Kier alpha value is -3.20. The molecule has 9 heteroatoms. The van der Waals surface area contributed by atoms with Gasteiger partial charge < -0.3 is 15.0 Å². The van der Waals surface area contributed by atoms with Crippen molar-refractivity contribution in [2.24, 2.45) is 0 Å². The number of carbonyl (C=O) groups is 2. The van der Waals surface area contributed by atoms with E-state index < -0.39 is 12.0 Å². The van der Waals surface area contributed by atoms with Crippen LogP contribution < -0.4 is 15.5 Å². The van der Waals surface area contributed by atoms with Gasteiger partial charge in [0.05, 0.1) is 17.6 Å². The minimum atomic E-state index is -0.509. The predicted octanol–water partition coefficient (Wildman–Crippen LogP) is 1.70. The third-order valence-electron chi connectivity index (χ3n) is 4.92. The summed E-state index contributed by atoms with van der Waals surface area (Å²) in [5.41, 5.74) is 3.14. The van der Waals surface area contributed by atoms with Gasteiger partial charge in [-0.25, -0.2) is 14.2 Å². The van der Waals surface area contributed by atoms with Gasteiger partial charge in [-0.2, -0.15) is 5.01 Å². The lowest BCUT2D eigenvalue weighted by Gasteiger charge is -2.20. The van der Waals surface area contributed by atoms with Gasteiger partial charge in [-0.1, -0.05) is 18.7 Å². The summed E-state index contributed by atoms with van der Waals surface area (Å²) in [7, 11) is 1.70. The summed E-state index contributed by atoms with van der Waals surface area (Å²) in [4.78, 5) is 29.5.